The van der Waals surface area contributed by atoms with E-state index >= 15 is 0 Å². The number of carbonyl (C=O) groups excluding carboxylic acids is 1. The van der Waals surface area contributed by atoms with Crippen molar-refractivity contribution >= 4 is 5.97 Å². The van der Waals surface area contributed by atoms with E-state index in [-0.39, 0.29) is 13.2 Å². The molecule has 0 fully saturated rings. The number of alkyl halides is 3. The number of halogens is 3. The van der Waals surface area contributed by atoms with Crippen LogP contribution in [-0.2, 0) is 26.9 Å². The van der Waals surface area contributed by atoms with Crippen LogP contribution in [0.15, 0.2) is 21.3 Å². The molecule has 19 heavy (non-hydrogen) atoms. The third-order valence-corrected chi connectivity index (χ3v) is 1.97. The molecule has 0 aliphatic rings. The Balaban J connectivity index is 2.76. The number of rotatable bonds is 5. The minimum absolute atomic E-state index is 0.0292. The van der Waals surface area contributed by atoms with Gasteiger partial charge in [-0.3, -0.25) is 9.59 Å². The molecule has 0 aliphatic heterocycles. The van der Waals surface area contributed by atoms with Gasteiger partial charge in [-0.1, -0.05) is 0 Å². The summed E-state index contributed by atoms with van der Waals surface area (Å²) >= 11 is 0. The van der Waals surface area contributed by atoms with Gasteiger partial charge in [0.05, 0.1) is 6.61 Å². The van der Waals surface area contributed by atoms with E-state index in [0.717, 1.165) is 6.07 Å². The van der Waals surface area contributed by atoms with Gasteiger partial charge in [0.1, 0.15) is 18.8 Å². The lowest BCUT2D eigenvalue weighted by Crippen LogP contribution is -2.15. The number of carbonyl (C=O) groups is 1. The fraction of sp³-hybridized carbons (Fsp3) is 0.455. The van der Waals surface area contributed by atoms with Gasteiger partial charge < -0.3 is 13.9 Å². The monoisotopic (exact) mass is 280 g/mol. The predicted octanol–water partition coefficient (Wildman–Crippen LogP) is 1.39. The highest BCUT2D eigenvalue weighted by Crippen LogP contribution is 2.28. The van der Waals surface area contributed by atoms with Crippen LogP contribution in [0.25, 0.3) is 0 Å². The van der Waals surface area contributed by atoms with Gasteiger partial charge >= 0.3 is 12.1 Å². The Bertz CT molecular complexity index is 492. The lowest BCUT2D eigenvalue weighted by Gasteiger charge is -2.07. The SMILES string of the molecule is COCCOC(=O)Cc1cc(=O)cc(C(F)(F)F)o1. The standard InChI is InChI=1S/C11H11F3O5/c1-17-2-3-18-10(16)6-8-4-7(15)5-9(19-8)11(12,13)14/h4-5H,2-3,6H2,1H3. The quantitative estimate of drug-likeness (QED) is 0.602. The molecule has 0 radical (unpaired) electrons. The lowest BCUT2D eigenvalue weighted by molar-refractivity contribution is -0.155. The number of esters is 1. The maximum absolute atomic E-state index is 12.4. The summed E-state index contributed by atoms with van der Waals surface area (Å²) in [4.78, 5) is 22.3. The van der Waals surface area contributed by atoms with E-state index in [0.29, 0.717) is 6.07 Å². The van der Waals surface area contributed by atoms with Crippen LogP contribution in [0.1, 0.15) is 11.5 Å². The van der Waals surface area contributed by atoms with Crippen molar-refractivity contribution in [2.24, 2.45) is 0 Å². The second-order valence-electron chi connectivity index (χ2n) is 3.51. The molecule has 0 atom stereocenters. The molecular weight excluding hydrogens is 269 g/mol. The molecule has 0 unspecified atom stereocenters. The molecule has 0 spiro atoms. The summed E-state index contributed by atoms with van der Waals surface area (Å²) in [6.07, 6.45) is -5.34. The first-order valence-corrected chi connectivity index (χ1v) is 5.18. The van der Waals surface area contributed by atoms with E-state index in [4.69, 9.17) is 0 Å². The molecule has 5 nitrogen and oxygen atoms in total. The Labute approximate surface area is 105 Å². The van der Waals surface area contributed by atoms with Crippen molar-refractivity contribution in [1.29, 1.82) is 0 Å². The topological polar surface area (TPSA) is 65.7 Å². The molecule has 8 heteroatoms. The first-order chi connectivity index (χ1) is 8.82. The summed E-state index contributed by atoms with van der Waals surface area (Å²) < 4.78 is 50.8. The van der Waals surface area contributed by atoms with Crippen LogP contribution < -0.4 is 5.43 Å². The van der Waals surface area contributed by atoms with Crippen LogP contribution in [0, 0.1) is 0 Å². The minimum Gasteiger partial charge on any atom is -0.463 e. The van der Waals surface area contributed by atoms with Gasteiger partial charge in [0.2, 0.25) is 5.76 Å². The minimum atomic E-state index is -4.78. The average molecular weight is 280 g/mol. The Kier molecular flexibility index (Phi) is 5.11. The Hall–Kier alpha value is -1.83. The van der Waals surface area contributed by atoms with Gasteiger partial charge in [-0.15, -0.1) is 0 Å². The van der Waals surface area contributed by atoms with Gasteiger partial charge in [0, 0.05) is 19.2 Å². The fourth-order valence-corrected chi connectivity index (χ4v) is 1.19. The summed E-state index contributed by atoms with van der Waals surface area (Å²) in [6, 6.07) is 1.13. The normalized spacial score (nSPS) is 11.4. The third kappa shape index (κ3) is 5.12. The zero-order valence-electron chi connectivity index (χ0n) is 9.95. The Morgan fingerprint density at radius 3 is 2.58 bits per heavy atom. The van der Waals surface area contributed by atoms with Gasteiger partial charge in [-0.25, -0.2) is 0 Å². The van der Waals surface area contributed by atoms with Gasteiger partial charge in [-0.05, 0) is 0 Å². The molecule has 1 aromatic heterocycles. The van der Waals surface area contributed by atoms with E-state index in [9.17, 15) is 22.8 Å². The van der Waals surface area contributed by atoms with Crippen LogP contribution in [0.3, 0.4) is 0 Å². The zero-order valence-corrected chi connectivity index (χ0v) is 9.95. The first kappa shape index (κ1) is 15.2. The molecule has 1 heterocycles. The van der Waals surface area contributed by atoms with Crippen molar-refractivity contribution in [1.82, 2.24) is 0 Å². The molecular formula is C11H11F3O5. The molecule has 106 valence electrons. The van der Waals surface area contributed by atoms with Crippen LogP contribution in [0.4, 0.5) is 13.2 Å². The van der Waals surface area contributed by atoms with Crippen molar-refractivity contribution in [3.8, 4) is 0 Å². The molecule has 1 rings (SSSR count). The molecule has 0 N–H and O–H groups in total. The molecule has 1 aromatic rings. The van der Waals surface area contributed by atoms with Crippen molar-refractivity contribution in [3.63, 3.8) is 0 Å². The number of ether oxygens (including phenoxy) is 2. The Morgan fingerprint density at radius 2 is 2.00 bits per heavy atom. The zero-order chi connectivity index (χ0) is 14.5. The van der Waals surface area contributed by atoms with Crippen LogP contribution in [0.5, 0.6) is 0 Å². The number of hydrogen-bond donors (Lipinski definition) is 0. The summed E-state index contributed by atoms with van der Waals surface area (Å²) in [7, 11) is 1.40. The number of methoxy groups -OCH3 is 1. The van der Waals surface area contributed by atoms with Crippen molar-refractivity contribution in [3.05, 3.63) is 33.9 Å². The highest BCUT2D eigenvalue weighted by molar-refractivity contribution is 5.71. The maximum atomic E-state index is 12.4. The van der Waals surface area contributed by atoms with E-state index in [2.05, 4.69) is 13.9 Å². The molecule has 0 saturated carbocycles. The summed E-state index contributed by atoms with van der Waals surface area (Å²) in [5.41, 5.74) is -0.890. The lowest BCUT2D eigenvalue weighted by atomic mass is 10.3. The summed E-state index contributed by atoms with van der Waals surface area (Å²) in [5, 5.41) is 0. The predicted molar refractivity (Wildman–Crippen MR) is 56.5 cm³/mol. The molecule has 0 saturated heterocycles. The highest BCUT2D eigenvalue weighted by Gasteiger charge is 2.34. The highest BCUT2D eigenvalue weighted by atomic mass is 19.4. The third-order valence-electron chi connectivity index (χ3n) is 1.97. The smallest absolute Gasteiger partial charge is 0.449 e. The van der Waals surface area contributed by atoms with E-state index in [1.165, 1.54) is 7.11 Å². The maximum Gasteiger partial charge on any atom is 0.449 e. The average Bonchev–Trinajstić information content (AvgIpc) is 2.27. The summed E-state index contributed by atoms with van der Waals surface area (Å²) in [5.74, 6) is -2.65. The molecule has 0 aliphatic carbocycles. The van der Waals surface area contributed by atoms with Crippen molar-refractivity contribution < 1.29 is 31.9 Å². The molecule has 0 aromatic carbocycles. The fourth-order valence-electron chi connectivity index (χ4n) is 1.19. The first-order valence-electron chi connectivity index (χ1n) is 5.18. The largest absolute Gasteiger partial charge is 0.463 e. The van der Waals surface area contributed by atoms with Crippen LogP contribution in [0.2, 0.25) is 0 Å². The second-order valence-corrected chi connectivity index (χ2v) is 3.51. The van der Waals surface area contributed by atoms with Gasteiger partial charge in [0.15, 0.2) is 5.43 Å². The van der Waals surface area contributed by atoms with E-state index in [1.54, 1.807) is 0 Å². The van der Waals surface area contributed by atoms with Gasteiger partial charge in [-0.2, -0.15) is 13.2 Å². The second kappa shape index (κ2) is 6.37. The van der Waals surface area contributed by atoms with Crippen LogP contribution >= 0.6 is 0 Å². The molecule has 0 bridgehead atoms. The molecule has 0 amide bonds. The van der Waals surface area contributed by atoms with E-state index < -0.39 is 35.5 Å². The number of hydrogen-bond acceptors (Lipinski definition) is 5. The summed E-state index contributed by atoms with van der Waals surface area (Å²) in [6.45, 7) is 0.136. The van der Waals surface area contributed by atoms with Crippen molar-refractivity contribution in [2.75, 3.05) is 20.3 Å². The van der Waals surface area contributed by atoms with Gasteiger partial charge in [0.25, 0.3) is 0 Å². The van der Waals surface area contributed by atoms with E-state index in [1.807, 2.05) is 0 Å². The van der Waals surface area contributed by atoms with Crippen LogP contribution in [-0.4, -0.2) is 26.3 Å². The Morgan fingerprint density at radius 1 is 1.32 bits per heavy atom. The van der Waals surface area contributed by atoms with Crippen molar-refractivity contribution in [2.45, 2.75) is 12.6 Å².